The van der Waals surface area contributed by atoms with E-state index in [2.05, 4.69) is 5.43 Å². The van der Waals surface area contributed by atoms with E-state index in [1.54, 1.807) is 0 Å². The molecule has 21 heavy (non-hydrogen) atoms. The van der Waals surface area contributed by atoms with E-state index < -0.39 is 11.9 Å². The van der Waals surface area contributed by atoms with Crippen LogP contribution in [0.3, 0.4) is 0 Å². The van der Waals surface area contributed by atoms with Crippen LogP contribution in [0.25, 0.3) is 0 Å². The minimum atomic E-state index is -0.678. The summed E-state index contributed by atoms with van der Waals surface area (Å²) in [5, 5.41) is 1.11. The van der Waals surface area contributed by atoms with E-state index >= 15 is 0 Å². The fraction of sp³-hybridized carbons (Fsp3) is 0.467. The van der Waals surface area contributed by atoms with Crippen LogP contribution in [-0.4, -0.2) is 30.1 Å². The van der Waals surface area contributed by atoms with Gasteiger partial charge in [0.05, 0.1) is 0 Å². The Kier molecular flexibility index (Phi) is 6.52. The van der Waals surface area contributed by atoms with Gasteiger partial charge in [0.15, 0.2) is 6.61 Å². The summed E-state index contributed by atoms with van der Waals surface area (Å²) in [6.45, 7) is 6.13. The van der Waals surface area contributed by atoms with Crippen molar-refractivity contribution < 1.29 is 14.3 Å². The number of aryl methyl sites for hydroxylation is 2. The fourth-order valence-corrected chi connectivity index (χ4v) is 1.89. The minimum Gasteiger partial charge on any atom is -0.484 e. The van der Waals surface area contributed by atoms with Crippen LogP contribution in [0.5, 0.6) is 5.75 Å². The lowest BCUT2D eigenvalue weighted by Gasteiger charge is -2.20. The smallest absolute Gasteiger partial charge is 0.333 e. The predicted molar refractivity (Wildman–Crippen MR) is 80.8 cm³/mol. The van der Waals surface area contributed by atoms with Crippen molar-refractivity contribution in [2.24, 2.45) is 5.73 Å². The molecule has 0 unspecified atom stereocenters. The van der Waals surface area contributed by atoms with Gasteiger partial charge in [-0.1, -0.05) is 19.4 Å². The lowest BCUT2D eigenvalue weighted by molar-refractivity contribution is -0.126. The van der Waals surface area contributed by atoms with E-state index in [4.69, 9.17) is 10.5 Å². The van der Waals surface area contributed by atoms with E-state index in [-0.39, 0.29) is 6.61 Å². The van der Waals surface area contributed by atoms with Gasteiger partial charge < -0.3 is 10.5 Å². The predicted octanol–water partition coefficient (Wildman–Crippen LogP) is 1.89. The van der Waals surface area contributed by atoms with Gasteiger partial charge in [-0.25, -0.2) is 9.80 Å². The molecule has 1 aromatic carbocycles. The van der Waals surface area contributed by atoms with E-state index in [0.29, 0.717) is 12.3 Å². The summed E-state index contributed by atoms with van der Waals surface area (Å²) >= 11 is 0. The second-order valence-corrected chi connectivity index (χ2v) is 4.99. The van der Waals surface area contributed by atoms with Crippen LogP contribution in [0.15, 0.2) is 18.2 Å². The Morgan fingerprint density at radius 3 is 2.38 bits per heavy atom. The van der Waals surface area contributed by atoms with Crippen molar-refractivity contribution in [1.82, 2.24) is 10.4 Å². The number of nitrogens with zero attached hydrogens (tertiary/aromatic N) is 1. The average molecular weight is 293 g/mol. The van der Waals surface area contributed by atoms with Crippen molar-refractivity contribution in [3.05, 3.63) is 29.3 Å². The molecule has 116 valence electrons. The quantitative estimate of drug-likeness (QED) is 0.785. The second kappa shape index (κ2) is 8.14. The number of nitrogens with one attached hydrogen (secondary N) is 1. The molecule has 1 aromatic rings. The topological polar surface area (TPSA) is 84.7 Å². The number of rotatable bonds is 6. The van der Waals surface area contributed by atoms with Crippen molar-refractivity contribution in [2.75, 3.05) is 13.2 Å². The maximum atomic E-state index is 11.8. The number of ether oxygens (including phenoxy) is 1. The highest BCUT2D eigenvalue weighted by molar-refractivity contribution is 5.81. The zero-order valence-electron chi connectivity index (χ0n) is 12.8. The molecule has 1 rings (SSSR count). The SMILES string of the molecule is CCCCN(NC(=O)COc1cc(C)cc(C)c1)C(N)=O. The molecule has 0 heterocycles. The van der Waals surface area contributed by atoms with Crippen LogP contribution >= 0.6 is 0 Å². The van der Waals surface area contributed by atoms with Crippen LogP contribution in [0.4, 0.5) is 4.79 Å². The molecule has 0 aliphatic heterocycles. The monoisotopic (exact) mass is 293 g/mol. The van der Waals surface area contributed by atoms with Crippen LogP contribution in [0.2, 0.25) is 0 Å². The molecule has 0 radical (unpaired) electrons. The first-order chi connectivity index (χ1) is 9.92. The molecule has 6 heteroatoms. The summed E-state index contributed by atoms with van der Waals surface area (Å²) in [6.07, 6.45) is 1.67. The number of benzene rings is 1. The van der Waals surface area contributed by atoms with Crippen molar-refractivity contribution >= 4 is 11.9 Å². The molecule has 3 amide bonds. The van der Waals surface area contributed by atoms with Crippen molar-refractivity contribution in [2.45, 2.75) is 33.6 Å². The molecule has 0 aliphatic rings. The first kappa shape index (κ1) is 16.8. The summed E-state index contributed by atoms with van der Waals surface area (Å²) in [7, 11) is 0. The largest absolute Gasteiger partial charge is 0.484 e. The Balaban J connectivity index is 2.50. The number of hydrazine groups is 1. The Labute approximate surface area is 125 Å². The zero-order valence-corrected chi connectivity index (χ0v) is 12.8. The van der Waals surface area contributed by atoms with Crippen molar-refractivity contribution in [3.8, 4) is 5.75 Å². The third kappa shape index (κ3) is 6.16. The maximum absolute atomic E-state index is 11.8. The van der Waals surface area contributed by atoms with Crippen LogP contribution in [0.1, 0.15) is 30.9 Å². The molecule has 6 nitrogen and oxygen atoms in total. The van der Waals surface area contributed by atoms with Gasteiger partial charge in [0, 0.05) is 6.54 Å². The highest BCUT2D eigenvalue weighted by Gasteiger charge is 2.13. The minimum absolute atomic E-state index is 0.168. The van der Waals surface area contributed by atoms with E-state index in [1.807, 2.05) is 39.0 Å². The van der Waals surface area contributed by atoms with E-state index in [1.165, 1.54) is 0 Å². The van der Waals surface area contributed by atoms with Crippen molar-refractivity contribution in [3.63, 3.8) is 0 Å². The number of hydrogen-bond donors (Lipinski definition) is 2. The van der Waals surface area contributed by atoms with E-state index in [0.717, 1.165) is 29.0 Å². The lowest BCUT2D eigenvalue weighted by Crippen LogP contribution is -2.50. The summed E-state index contributed by atoms with van der Waals surface area (Å²) in [5.74, 6) is 0.214. The molecule has 0 saturated heterocycles. The molecule has 0 saturated carbocycles. The van der Waals surface area contributed by atoms with Crippen LogP contribution in [0, 0.1) is 13.8 Å². The maximum Gasteiger partial charge on any atom is 0.333 e. The molecular formula is C15H23N3O3. The Morgan fingerprint density at radius 1 is 1.24 bits per heavy atom. The second-order valence-electron chi connectivity index (χ2n) is 4.99. The van der Waals surface area contributed by atoms with Gasteiger partial charge in [0.25, 0.3) is 5.91 Å². The standard InChI is InChI=1S/C15H23N3O3/c1-4-5-6-18(15(16)20)17-14(19)10-21-13-8-11(2)7-12(3)9-13/h7-9H,4-6,10H2,1-3H3,(H2,16,20)(H,17,19). The number of amides is 3. The van der Waals surface area contributed by atoms with Gasteiger partial charge in [-0.05, 0) is 43.5 Å². The van der Waals surface area contributed by atoms with Gasteiger partial charge >= 0.3 is 6.03 Å². The first-order valence-electron chi connectivity index (χ1n) is 7.00. The molecule has 3 N–H and O–H groups in total. The zero-order chi connectivity index (χ0) is 15.8. The summed E-state index contributed by atoms with van der Waals surface area (Å²) in [5.41, 5.74) is 9.77. The number of unbranched alkanes of at least 4 members (excludes halogenated alkanes) is 1. The third-order valence-corrected chi connectivity index (χ3v) is 2.83. The van der Waals surface area contributed by atoms with Gasteiger partial charge in [-0.2, -0.15) is 0 Å². The van der Waals surface area contributed by atoms with E-state index in [9.17, 15) is 9.59 Å². The average Bonchev–Trinajstić information content (AvgIpc) is 2.39. The normalized spacial score (nSPS) is 10.0. The lowest BCUT2D eigenvalue weighted by atomic mass is 10.1. The molecule has 0 bridgehead atoms. The molecule has 0 atom stereocenters. The number of nitrogens with two attached hydrogens (primary N) is 1. The first-order valence-corrected chi connectivity index (χ1v) is 7.00. The third-order valence-electron chi connectivity index (χ3n) is 2.83. The summed E-state index contributed by atoms with van der Waals surface area (Å²) in [6, 6.07) is 5.04. The van der Waals surface area contributed by atoms with Gasteiger partial charge in [0.2, 0.25) is 0 Å². The van der Waals surface area contributed by atoms with Crippen molar-refractivity contribution in [1.29, 1.82) is 0 Å². The number of carbonyl (C=O) groups excluding carboxylic acids is 2. The fourth-order valence-electron chi connectivity index (χ4n) is 1.89. The van der Waals surface area contributed by atoms with Gasteiger partial charge in [0.1, 0.15) is 5.75 Å². The highest BCUT2D eigenvalue weighted by atomic mass is 16.5. The van der Waals surface area contributed by atoms with Crippen LogP contribution in [-0.2, 0) is 4.79 Å². The van der Waals surface area contributed by atoms with Gasteiger partial charge in [-0.15, -0.1) is 0 Å². The summed E-state index contributed by atoms with van der Waals surface area (Å²) < 4.78 is 5.42. The molecule has 0 aromatic heterocycles. The Morgan fingerprint density at radius 2 is 1.86 bits per heavy atom. The summed E-state index contributed by atoms with van der Waals surface area (Å²) in [4.78, 5) is 23.0. The Bertz CT molecular complexity index is 483. The Hall–Kier alpha value is -2.24. The molecule has 0 fully saturated rings. The molecule has 0 spiro atoms. The molecule has 0 aliphatic carbocycles. The number of urea groups is 1. The number of carbonyl (C=O) groups is 2. The number of hydrogen-bond acceptors (Lipinski definition) is 3. The molecular weight excluding hydrogens is 270 g/mol. The number of primary amides is 1. The van der Waals surface area contributed by atoms with Gasteiger partial charge in [-0.3, -0.25) is 10.2 Å². The van der Waals surface area contributed by atoms with Crippen LogP contribution < -0.4 is 15.9 Å². The highest BCUT2D eigenvalue weighted by Crippen LogP contribution is 2.15.